The first kappa shape index (κ1) is 32.7. The summed E-state index contributed by atoms with van der Waals surface area (Å²) in [5.74, 6) is 0. The third-order valence-electron chi connectivity index (χ3n) is 10.0. The van der Waals surface area contributed by atoms with Gasteiger partial charge in [-0.2, -0.15) is 0 Å². The minimum Gasteiger partial charge on any atom is -0.311 e. The van der Waals surface area contributed by atoms with E-state index in [1.165, 1.54) is 22.3 Å². The Morgan fingerprint density at radius 3 is 0.630 bits per heavy atom. The number of hydrogen-bond donors (Lipinski definition) is 0. The van der Waals surface area contributed by atoms with Crippen LogP contribution in [0.1, 0.15) is 22.3 Å². The smallest absolute Gasteiger partial charge is 0.0462 e. The fourth-order valence-electron chi connectivity index (χ4n) is 7.08. The van der Waals surface area contributed by atoms with Crippen molar-refractivity contribution in [3.8, 4) is 22.3 Å². The van der Waals surface area contributed by atoms with Crippen LogP contribution in [0.25, 0.3) is 46.6 Å². The molecule has 2 nitrogen and oxygen atoms in total. The number of nitrogens with zero attached hydrogens (tertiary/aromatic N) is 2. The Labute approximate surface area is 317 Å². The zero-order valence-electron chi connectivity index (χ0n) is 29.8. The molecule has 2 heteroatoms. The first-order valence-corrected chi connectivity index (χ1v) is 18.4. The van der Waals surface area contributed by atoms with Crippen LogP contribution in [0.4, 0.5) is 34.1 Å². The summed E-state index contributed by atoms with van der Waals surface area (Å²) in [5, 5.41) is 0. The van der Waals surface area contributed by atoms with Crippen molar-refractivity contribution < 1.29 is 0 Å². The molecule has 0 N–H and O–H groups in total. The minimum absolute atomic E-state index is 1.10. The van der Waals surface area contributed by atoms with Crippen LogP contribution in [0.2, 0.25) is 0 Å². The van der Waals surface area contributed by atoms with Gasteiger partial charge in [0.2, 0.25) is 0 Å². The lowest BCUT2D eigenvalue weighted by atomic mass is 10.0. The Balaban J connectivity index is 1.08. The second kappa shape index (κ2) is 14.8. The lowest BCUT2D eigenvalue weighted by molar-refractivity contribution is 1.28. The van der Waals surface area contributed by atoms with Gasteiger partial charge in [0.15, 0.2) is 0 Å². The Kier molecular flexibility index (Phi) is 8.99. The van der Waals surface area contributed by atoms with Crippen molar-refractivity contribution in [3.63, 3.8) is 0 Å². The molecule has 0 unspecified atom stereocenters. The molecule has 0 spiro atoms. The SMILES string of the molecule is C1=Cc2ccc(cc2)N(c2ccc(-c3ccccc3)cc2)c2ccc(cc2)C=Cc2ccc(cc2)N(c2ccc(-c3ccccc3)cc2)c2ccc1cc2. The summed E-state index contributed by atoms with van der Waals surface area (Å²) in [6.07, 6.45) is 8.74. The van der Waals surface area contributed by atoms with E-state index >= 15 is 0 Å². The minimum atomic E-state index is 1.10. The predicted octanol–water partition coefficient (Wildman–Crippen LogP) is 14.6. The van der Waals surface area contributed by atoms with Crippen LogP contribution in [0.3, 0.4) is 0 Å². The molecule has 54 heavy (non-hydrogen) atoms. The van der Waals surface area contributed by atoms with Gasteiger partial charge in [0.05, 0.1) is 0 Å². The summed E-state index contributed by atoms with van der Waals surface area (Å²) >= 11 is 0. The van der Waals surface area contributed by atoms with E-state index in [4.69, 9.17) is 0 Å². The van der Waals surface area contributed by atoms with Gasteiger partial charge in [-0.1, -0.05) is 158 Å². The quantitative estimate of drug-likeness (QED) is 0.181. The molecular weight excluding hydrogens is 653 g/mol. The normalized spacial score (nSPS) is 12.2. The van der Waals surface area contributed by atoms with Gasteiger partial charge < -0.3 is 9.80 Å². The van der Waals surface area contributed by atoms with Crippen LogP contribution < -0.4 is 9.80 Å². The van der Waals surface area contributed by atoms with Crippen LogP contribution in [0, 0.1) is 0 Å². The second-order valence-corrected chi connectivity index (χ2v) is 13.5. The van der Waals surface area contributed by atoms with Gasteiger partial charge in [-0.25, -0.2) is 0 Å². The van der Waals surface area contributed by atoms with E-state index in [1.807, 2.05) is 0 Å². The van der Waals surface area contributed by atoms with Crippen molar-refractivity contribution in [1.82, 2.24) is 0 Å². The van der Waals surface area contributed by atoms with Gasteiger partial charge in [-0.15, -0.1) is 0 Å². The van der Waals surface area contributed by atoms with Gasteiger partial charge in [0, 0.05) is 34.1 Å². The van der Waals surface area contributed by atoms with Gasteiger partial charge in [-0.3, -0.25) is 0 Å². The molecule has 0 radical (unpaired) electrons. The summed E-state index contributed by atoms with van der Waals surface area (Å²) in [4.78, 5) is 4.64. The number of anilines is 6. The van der Waals surface area contributed by atoms with E-state index in [-0.39, 0.29) is 0 Å². The van der Waals surface area contributed by atoms with Crippen molar-refractivity contribution in [3.05, 3.63) is 229 Å². The van der Waals surface area contributed by atoms with E-state index in [1.54, 1.807) is 0 Å². The van der Waals surface area contributed by atoms with Crippen LogP contribution in [-0.2, 0) is 0 Å². The van der Waals surface area contributed by atoms with Crippen molar-refractivity contribution in [2.75, 3.05) is 9.80 Å². The van der Waals surface area contributed by atoms with E-state index < -0.39 is 0 Å². The molecule has 7 aliphatic rings. The van der Waals surface area contributed by atoms with Crippen LogP contribution in [-0.4, -0.2) is 0 Å². The van der Waals surface area contributed by atoms with Crippen LogP contribution in [0.5, 0.6) is 0 Å². The Morgan fingerprint density at radius 1 is 0.185 bits per heavy atom. The Morgan fingerprint density at radius 2 is 0.389 bits per heavy atom. The summed E-state index contributed by atoms with van der Waals surface area (Å²) in [6.45, 7) is 0. The molecule has 7 aliphatic heterocycles. The first-order valence-electron chi connectivity index (χ1n) is 18.4. The number of rotatable bonds is 4. The van der Waals surface area contributed by atoms with Crippen molar-refractivity contribution >= 4 is 58.4 Å². The summed E-state index contributed by atoms with van der Waals surface area (Å²) in [7, 11) is 0. The number of benzene rings is 8. The van der Waals surface area contributed by atoms with E-state index in [2.05, 4.69) is 240 Å². The van der Waals surface area contributed by atoms with Crippen molar-refractivity contribution in [1.29, 1.82) is 0 Å². The highest BCUT2D eigenvalue weighted by Crippen LogP contribution is 2.38. The largest absolute Gasteiger partial charge is 0.311 e. The average molecular weight is 691 g/mol. The molecule has 0 aliphatic carbocycles. The van der Waals surface area contributed by atoms with Gasteiger partial charge in [0.25, 0.3) is 0 Å². The lowest BCUT2D eigenvalue weighted by Crippen LogP contribution is -2.10. The molecule has 0 fully saturated rings. The molecule has 0 saturated carbocycles. The molecule has 15 rings (SSSR count). The van der Waals surface area contributed by atoms with Gasteiger partial charge in [0.1, 0.15) is 0 Å². The average Bonchev–Trinajstić information content (AvgIpc) is 3.25. The molecule has 8 aromatic rings. The highest BCUT2D eigenvalue weighted by Gasteiger charge is 2.15. The number of hydrogen-bond acceptors (Lipinski definition) is 2. The molecule has 8 bridgehead atoms. The van der Waals surface area contributed by atoms with Gasteiger partial charge in [-0.05, 0) is 117 Å². The highest BCUT2D eigenvalue weighted by atomic mass is 15.1. The molecule has 0 amide bonds. The summed E-state index contributed by atoms with van der Waals surface area (Å²) < 4.78 is 0. The molecule has 7 heterocycles. The van der Waals surface area contributed by atoms with Crippen LogP contribution >= 0.6 is 0 Å². The fourth-order valence-corrected chi connectivity index (χ4v) is 7.08. The fraction of sp³-hybridized carbons (Fsp3) is 0. The maximum atomic E-state index is 2.32. The topological polar surface area (TPSA) is 6.48 Å². The standard InChI is InChI=1S/C52H38N2/c1-3-7-43(8-4-1)45-23-35-51(36-24-45)53-47-27-15-39(16-28-47)11-13-41-19-31-49(32-20-41)54(52-37-25-46(26-38-52)44-9-5-2-6-10-44)50-33-21-42(22-34-50)14-12-40-17-29-48(53)30-18-40/h1-38H. The molecule has 0 atom stereocenters. The van der Waals surface area contributed by atoms with Gasteiger partial charge >= 0.3 is 0 Å². The highest BCUT2D eigenvalue weighted by molar-refractivity contribution is 5.83. The Hall–Kier alpha value is -7.16. The zero-order valence-corrected chi connectivity index (χ0v) is 29.8. The summed E-state index contributed by atoms with van der Waals surface area (Å²) in [6, 6.07) is 73.9. The molecule has 0 saturated heterocycles. The van der Waals surface area contributed by atoms with E-state index in [9.17, 15) is 0 Å². The summed E-state index contributed by atoms with van der Waals surface area (Å²) in [5.41, 5.74) is 16.0. The second-order valence-electron chi connectivity index (χ2n) is 13.5. The zero-order chi connectivity index (χ0) is 36.1. The van der Waals surface area contributed by atoms with E-state index in [0.717, 1.165) is 56.4 Å². The monoisotopic (exact) mass is 690 g/mol. The molecule has 8 aromatic carbocycles. The third-order valence-corrected chi connectivity index (χ3v) is 10.0. The van der Waals surface area contributed by atoms with Crippen molar-refractivity contribution in [2.24, 2.45) is 0 Å². The maximum absolute atomic E-state index is 2.32. The Bertz CT molecular complexity index is 2230. The first-order chi connectivity index (χ1) is 26.7. The third kappa shape index (κ3) is 7.01. The lowest BCUT2D eigenvalue weighted by Gasteiger charge is -2.26. The molecule has 0 aromatic heterocycles. The molecular formula is C52H38N2. The van der Waals surface area contributed by atoms with Crippen molar-refractivity contribution in [2.45, 2.75) is 0 Å². The maximum Gasteiger partial charge on any atom is 0.0462 e. The van der Waals surface area contributed by atoms with Crippen LogP contribution in [0.15, 0.2) is 206 Å². The van der Waals surface area contributed by atoms with E-state index in [0.29, 0.717) is 0 Å². The predicted molar refractivity (Wildman–Crippen MR) is 231 cm³/mol. The molecule has 256 valence electrons.